The summed E-state index contributed by atoms with van der Waals surface area (Å²) in [6.07, 6.45) is 1.98. The van der Waals surface area contributed by atoms with Gasteiger partial charge in [0.15, 0.2) is 6.10 Å². The number of ether oxygens (including phenoxy) is 2. The summed E-state index contributed by atoms with van der Waals surface area (Å²) in [5, 5.41) is 2.87. The lowest BCUT2D eigenvalue weighted by atomic mass is 9.96. The first-order chi connectivity index (χ1) is 12.7. The minimum atomic E-state index is -0.559. The smallest absolute Gasteiger partial charge is 0.340 e. The molecule has 0 spiro atoms. The minimum Gasteiger partial charge on any atom is -0.424 e. The Morgan fingerprint density at radius 3 is 2.77 bits per heavy atom. The highest BCUT2D eigenvalue weighted by atomic mass is 16.6. The molecular weight excluding hydrogens is 330 g/mol. The third-order valence-electron chi connectivity index (χ3n) is 4.98. The normalized spacial score (nSPS) is 22.2. The molecule has 2 aliphatic heterocycles. The fourth-order valence-corrected chi connectivity index (χ4v) is 3.60. The van der Waals surface area contributed by atoms with Crippen molar-refractivity contribution in [3.63, 3.8) is 0 Å². The fraction of sp³-hybridized carbons (Fsp3) is 0.333. The molecule has 0 aromatic heterocycles. The highest BCUT2D eigenvalue weighted by Crippen LogP contribution is 2.33. The van der Waals surface area contributed by atoms with Crippen LogP contribution in [0.1, 0.15) is 36.3 Å². The molecular formula is C21H21NO4. The molecule has 2 aliphatic rings. The molecule has 0 saturated carbocycles. The molecule has 2 atom stereocenters. The third-order valence-corrected chi connectivity index (χ3v) is 4.98. The number of hydrogen-bond acceptors (Lipinski definition) is 4. The molecule has 0 radical (unpaired) electrons. The summed E-state index contributed by atoms with van der Waals surface area (Å²) in [6.45, 7) is 0.521. The Morgan fingerprint density at radius 1 is 1.08 bits per heavy atom. The number of hydrogen-bond donors (Lipinski definition) is 1. The first-order valence-corrected chi connectivity index (χ1v) is 9.00. The van der Waals surface area contributed by atoms with Crippen molar-refractivity contribution in [3.8, 4) is 5.75 Å². The number of anilines is 1. The number of benzene rings is 2. The van der Waals surface area contributed by atoms with E-state index in [-0.39, 0.29) is 17.8 Å². The predicted molar refractivity (Wildman–Crippen MR) is 97.2 cm³/mol. The molecule has 4 rings (SSSR count). The molecule has 2 unspecified atom stereocenters. The van der Waals surface area contributed by atoms with Crippen LogP contribution in [-0.2, 0) is 20.7 Å². The molecule has 1 amide bonds. The van der Waals surface area contributed by atoms with E-state index in [9.17, 15) is 9.59 Å². The van der Waals surface area contributed by atoms with E-state index in [4.69, 9.17) is 9.47 Å². The van der Waals surface area contributed by atoms with Crippen LogP contribution >= 0.6 is 0 Å². The van der Waals surface area contributed by atoms with Gasteiger partial charge in [-0.25, -0.2) is 4.79 Å². The summed E-state index contributed by atoms with van der Waals surface area (Å²) in [6, 6.07) is 15.5. The third kappa shape index (κ3) is 3.48. The monoisotopic (exact) mass is 351 g/mol. The Morgan fingerprint density at radius 2 is 1.92 bits per heavy atom. The van der Waals surface area contributed by atoms with E-state index in [0.29, 0.717) is 31.6 Å². The number of esters is 1. The van der Waals surface area contributed by atoms with Gasteiger partial charge < -0.3 is 14.8 Å². The molecule has 0 aliphatic carbocycles. The van der Waals surface area contributed by atoms with Crippen molar-refractivity contribution in [1.29, 1.82) is 0 Å². The predicted octanol–water partition coefficient (Wildman–Crippen LogP) is 3.44. The summed E-state index contributed by atoms with van der Waals surface area (Å²) in [7, 11) is 0. The van der Waals surface area contributed by atoms with Gasteiger partial charge >= 0.3 is 5.97 Å². The van der Waals surface area contributed by atoms with Gasteiger partial charge in [0.25, 0.3) is 0 Å². The number of amides is 1. The SMILES string of the molecule is O=C1CCCc2c(cccc2OC(=O)C2CC(c3ccccc3)CO2)N1. The van der Waals surface area contributed by atoms with Gasteiger partial charge in [0, 0.05) is 23.6 Å². The van der Waals surface area contributed by atoms with Gasteiger partial charge in [-0.1, -0.05) is 36.4 Å². The lowest BCUT2D eigenvalue weighted by Crippen LogP contribution is -2.25. The standard InChI is InChI=1S/C21H21NO4/c23-20-11-4-8-16-17(22-20)9-5-10-18(16)26-21(24)19-12-15(13-25-19)14-6-2-1-3-7-14/h1-3,5-7,9-10,15,19H,4,8,11-13H2,(H,22,23). The van der Waals surface area contributed by atoms with E-state index in [1.807, 2.05) is 24.3 Å². The number of fused-ring (bicyclic) bond motifs is 1. The van der Waals surface area contributed by atoms with Gasteiger partial charge in [-0.2, -0.15) is 0 Å². The van der Waals surface area contributed by atoms with Gasteiger partial charge in [-0.05, 0) is 37.0 Å². The maximum absolute atomic E-state index is 12.6. The van der Waals surface area contributed by atoms with Crippen LogP contribution in [0.4, 0.5) is 5.69 Å². The van der Waals surface area contributed by atoms with E-state index in [2.05, 4.69) is 17.4 Å². The summed E-state index contributed by atoms with van der Waals surface area (Å²) < 4.78 is 11.4. The topological polar surface area (TPSA) is 64.6 Å². The summed E-state index contributed by atoms with van der Waals surface area (Å²) >= 11 is 0. The summed E-state index contributed by atoms with van der Waals surface area (Å²) in [5.41, 5.74) is 2.79. The van der Waals surface area contributed by atoms with Gasteiger partial charge in [0.05, 0.1) is 6.61 Å². The number of carbonyl (C=O) groups is 2. The molecule has 0 bridgehead atoms. The Kier molecular flexibility index (Phi) is 4.71. The largest absolute Gasteiger partial charge is 0.424 e. The fourth-order valence-electron chi connectivity index (χ4n) is 3.60. The van der Waals surface area contributed by atoms with E-state index in [1.165, 1.54) is 5.56 Å². The first-order valence-electron chi connectivity index (χ1n) is 9.00. The first kappa shape index (κ1) is 16.8. The van der Waals surface area contributed by atoms with Crippen LogP contribution < -0.4 is 10.1 Å². The molecule has 1 saturated heterocycles. The molecule has 1 N–H and O–H groups in total. The van der Waals surface area contributed by atoms with Crippen LogP contribution in [0.5, 0.6) is 5.75 Å². The molecule has 1 fully saturated rings. The molecule has 2 heterocycles. The van der Waals surface area contributed by atoms with Crippen molar-refractivity contribution in [2.45, 2.75) is 37.7 Å². The lowest BCUT2D eigenvalue weighted by Gasteiger charge is -2.14. The maximum atomic E-state index is 12.6. The minimum absolute atomic E-state index is 0.00273. The zero-order chi connectivity index (χ0) is 17.9. The van der Waals surface area contributed by atoms with Gasteiger partial charge in [0.2, 0.25) is 5.91 Å². The molecule has 5 heteroatoms. The molecule has 26 heavy (non-hydrogen) atoms. The van der Waals surface area contributed by atoms with Crippen LogP contribution in [0.25, 0.3) is 0 Å². The second-order valence-electron chi connectivity index (χ2n) is 6.77. The average molecular weight is 351 g/mol. The molecule has 134 valence electrons. The van der Waals surface area contributed by atoms with E-state index < -0.39 is 6.10 Å². The van der Waals surface area contributed by atoms with E-state index in [1.54, 1.807) is 12.1 Å². The van der Waals surface area contributed by atoms with Crippen LogP contribution in [0.15, 0.2) is 48.5 Å². The van der Waals surface area contributed by atoms with Crippen LogP contribution in [-0.4, -0.2) is 24.6 Å². The van der Waals surface area contributed by atoms with Crippen LogP contribution in [0, 0.1) is 0 Å². The quantitative estimate of drug-likeness (QED) is 0.680. The second kappa shape index (κ2) is 7.30. The second-order valence-corrected chi connectivity index (χ2v) is 6.77. The zero-order valence-corrected chi connectivity index (χ0v) is 14.4. The van der Waals surface area contributed by atoms with Gasteiger partial charge in [0.1, 0.15) is 5.75 Å². The Labute approximate surface area is 152 Å². The van der Waals surface area contributed by atoms with Gasteiger partial charge in [-0.3, -0.25) is 4.79 Å². The Hall–Kier alpha value is -2.66. The molecule has 2 aromatic rings. The van der Waals surface area contributed by atoms with Crippen LogP contribution in [0.2, 0.25) is 0 Å². The van der Waals surface area contributed by atoms with Crippen molar-refractivity contribution < 1.29 is 19.1 Å². The van der Waals surface area contributed by atoms with Crippen molar-refractivity contribution in [2.24, 2.45) is 0 Å². The van der Waals surface area contributed by atoms with E-state index in [0.717, 1.165) is 17.7 Å². The number of nitrogens with one attached hydrogen (secondary N) is 1. The maximum Gasteiger partial charge on any atom is 0.340 e. The van der Waals surface area contributed by atoms with E-state index >= 15 is 0 Å². The van der Waals surface area contributed by atoms with Crippen molar-refractivity contribution in [3.05, 3.63) is 59.7 Å². The highest BCUT2D eigenvalue weighted by Gasteiger charge is 2.33. The average Bonchev–Trinajstić information content (AvgIpc) is 3.07. The summed E-state index contributed by atoms with van der Waals surface area (Å²) in [5.74, 6) is 0.354. The Bertz CT molecular complexity index is 818. The number of carbonyl (C=O) groups excluding carboxylic acids is 2. The summed E-state index contributed by atoms with van der Waals surface area (Å²) in [4.78, 5) is 24.3. The van der Waals surface area contributed by atoms with Crippen molar-refractivity contribution in [1.82, 2.24) is 0 Å². The lowest BCUT2D eigenvalue weighted by molar-refractivity contribution is -0.144. The highest BCUT2D eigenvalue weighted by molar-refractivity contribution is 5.93. The van der Waals surface area contributed by atoms with Crippen LogP contribution in [0.3, 0.4) is 0 Å². The molecule has 5 nitrogen and oxygen atoms in total. The zero-order valence-electron chi connectivity index (χ0n) is 14.4. The molecule has 2 aromatic carbocycles. The Balaban J connectivity index is 1.46. The number of rotatable bonds is 3. The van der Waals surface area contributed by atoms with Crippen molar-refractivity contribution >= 4 is 17.6 Å². The van der Waals surface area contributed by atoms with Gasteiger partial charge in [-0.15, -0.1) is 0 Å². The van der Waals surface area contributed by atoms with Crippen molar-refractivity contribution in [2.75, 3.05) is 11.9 Å².